The van der Waals surface area contributed by atoms with Crippen LogP contribution in [0.25, 0.3) is 10.2 Å². The molecule has 11 heteroatoms. The fourth-order valence-corrected chi connectivity index (χ4v) is 5.12. The molecule has 0 bridgehead atoms. The summed E-state index contributed by atoms with van der Waals surface area (Å²) in [4.78, 5) is 54.5. The average molecular weight is 497 g/mol. The van der Waals surface area contributed by atoms with Crippen molar-refractivity contribution in [2.24, 2.45) is 7.05 Å². The van der Waals surface area contributed by atoms with Crippen LogP contribution in [0.3, 0.4) is 0 Å². The maximum atomic E-state index is 12.7. The van der Waals surface area contributed by atoms with Crippen LogP contribution in [0.1, 0.15) is 15.9 Å². The summed E-state index contributed by atoms with van der Waals surface area (Å²) in [6.07, 6.45) is 0. The fourth-order valence-electron chi connectivity index (χ4n) is 3.26. The summed E-state index contributed by atoms with van der Waals surface area (Å²) in [6.45, 7) is -0.583. The molecular weight excluding hydrogens is 476 g/mol. The number of esters is 1. The molecule has 0 unspecified atom stereocenters. The molecule has 0 amide bonds. The number of thioether (sulfide) groups is 1. The van der Waals surface area contributed by atoms with E-state index in [1.165, 1.54) is 30.1 Å². The first-order valence-corrected chi connectivity index (χ1v) is 12.0. The number of hydrogen-bond acceptors (Lipinski definition) is 9. The largest absolute Gasteiger partial charge is 0.457 e. The first-order chi connectivity index (χ1) is 16.3. The topological polar surface area (TPSA) is 126 Å². The van der Waals surface area contributed by atoms with Crippen LogP contribution in [0.15, 0.2) is 68.5 Å². The standard InChI is InChI=1S/C23H20N4O5S2/c1-26-21(30)19(20(24)27(23(26)31)11-14-7-3-2-4-8-14)16(28)12-32-18(29)13-33-22-25-15-9-5-6-10-17(15)34-22/h2-10H,11-13,24H2,1H3. The van der Waals surface area contributed by atoms with Crippen molar-refractivity contribution in [1.29, 1.82) is 0 Å². The van der Waals surface area contributed by atoms with Crippen molar-refractivity contribution in [1.82, 2.24) is 14.1 Å². The van der Waals surface area contributed by atoms with Crippen LogP contribution in [0.5, 0.6) is 0 Å². The van der Waals surface area contributed by atoms with Crippen molar-refractivity contribution < 1.29 is 14.3 Å². The molecule has 0 saturated heterocycles. The van der Waals surface area contributed by atoms with E-state index < -0.39 is 29.6 Å². The van der Waals surface area contributed by atoms with Crippen LogP contribution < -0.4 is 17.0 Å². The van der Waals surface area contributed by atoms with Gasteiger partial charge in [0.25, 0.3) is 5.56 Å². The lowest BCUT2D eigenvalue weighted by molar-refractivity contribution is -0.139. The Labute approximate surface area is 201 Å². The molecule has 2 aromatic carbocycles. The molecule has 2 N–H and O–H groups in total. The summed E-state index contributed by atoms with van der Waals surface area (Å²) >= 11 is 2.66. The Bertz CT molecular complexity index is 1460. The maximum Gasteiger partial charge on any atom is 0.332 e. The summed E-state index contributed by atoms with van der Waals surface area (Å²) < 4.78 is 8.74. The highest BCUT2D eigenvalue weighted by Gasteiger charge is 2.23. The molecule has 0 radical (unpaired) electrons. The monoisotopic (exact) mass is 496 g/mol. The summed E-state index contributed by atoms with van der Waals surface area (Å²) in [5.41, 5.74) is 5.80. The van der Waals surface area contributed by atoms with Crippen LogP contribution in [0.4, 0.5) is 5.82 Å². The normalized spacial score (nSPS) is 11.0. The highest BCUT2D eigenvalue weighted by Crippen LogP contribution is 2.29. The van der Waals surface area contributed by atoms with E-state index in [1.807, 2.05) is 30.3 Å². The zero-order valence-electron chi connectivity index (χ0n) is 18.1. The Morgan fingerprint density at radius 2 is 1.79 bits per heavy atom. The van der Waals surface area contributed by atoms with Crippen molar-refractivity contribution in [3.8, 4) is 0 Å². The fraction of sp³-hybridized carbons (Fsp3) is 0.174. The lowest BCUT2D eigenvalue weighted by Crippen LogP contribution is -2.43. The lowest BCUT2D eigenvalue weighted by atomic mass is 10.2. The van der Waals surface area contributed by atoms with Gasteiger partial charge in [0.1, 0.15) is 11.4 Å². The van der Waals surface area contributed by atoms with E-state index in [0.717, 1.165) is 24.9 Å². The number of nitrogens with zero attached hydrogens (tertiary/aromatic N) is 3. The van der Waals surface area contributed by atoms with E-state index in [2.05, 4.69) is 4.98 Å². The van der Waals surface area contributed by atoms with Gasteiger partial charge in [-0.05, 0) is 17.7 Å². The Morgan fingerprint density at radius 1 is 1.09 bits per heavy atom. The summed E-state index contributed by atoms with van der Waals surface area (Å²) in [5.74, 6) is -1.72. The number of ether oxygens (including phenoxy) is 1. The number of ketones is 1. The highest BCUT2D eigenvalue weighted by molar-refractivity contribution is 8.01. The number of carbonyl (C=O) groups is 2. The van der Waals surface area contributed by atoms with E-state index in [4.69, 9.17) is 10.5 Å². The number of benzene rings is 2. The van der Waals surface area contributed by atoms with Crippen LogP contribution >= 0.6 is 23.1 Å². The van der Waals surface area contributed by atoms with Crippen LogP contribution in [0, 0.1) is 0 Å². The molecule has 174 valence electrons. The number of anilines is 1. The summed E-state index contributed by atoms with van der Waals surface area (Å²) in [7, 11) is 1.27. The van der Waals surface area contributed by atoms with Crippen LogP contribution in [-0.4, -0.2) is 38.2 Å². The van der Waals surface area contributed by atoms with E-state index >= 15 is 0 Å². The molecule has 0 aliphatic rings. The molecular formula is C23H20N4O5S2. The average Bonchev–Trinajstić information content (AvgIpc) is 3.27. The highest BCUT2D eigenvalue weighted by atomic mass is 32.2. The van der Waals surface area contributed by atoms with Gasteiger partial charge in [-0.25, -0.2) is 9.78 Å². The van der Waals surface area contributed by atoms with Gasteiger partial charge in [0.05, 0.1) is 22.5 Å². The molecule has 0 saturated carbocycles. The summed E-state index contributed by atoms with van der Waals surface area (Å²) in [6, 6.07) is 16.6. The third-order valence-electron chi connectivity index (χ3n) is 5.00. The molecule has 0 fully saturated rings. The molecule has 0 aliphatic heterocycles. The Kier molecular flexibility index (Phi) is 6.94. The zero-order valence-corrected chi connectivity index (χ0v) is 19.7. The lowest BCUT2D eigenvalue weighted by Gasteiger charge is -2.14. The number of rotatable bonds is 8. The van der Waals surface area contributed by atoms with E-state index in [1.54, 1.807) is 24.3 Å². The number of thiazole rings is 1. The molecule has 4 aromatic rings. The van der Waals surface area contributed by atoms with Gasteiger partial charge in [0.2, 0.25) is 5.78 Å². The van der Waals surface area contributed by atoms with Crippen LogP contribution in [-0.2, 0) is 23.1 Å². The van der Waals surface area contributed by atoms with E-state index in [-0.39, 0.29) is 23.7 Å². The second kappa shape index (κ2) is 10.1. The maximum absolute atomic E-state index is 12.7. The number of hydrogen-bond donors (Lipinski definition) is 1. The quantitative estimate of drug-likeness (QED) is 0.224. The van der Waals surface area contributed by atoms with Gasteiger partial charge >= 0.3 is 11.7 Å². The minimum Gasteiger partial charge on any atom is -0.457 e. The first-order valence-electron chi connectivity index (χ1n) is 10.2. The second-order valence-electron chi connectivity index (χ2n) is 7.30. The Morgan fingerprint density at radius 3 is 2.53 bits per heavy atom. The van der Waals surface area contributed by atoms with E-state index in [9.17, 15) is 19.2 Å². The van der Waals surface area contributed by atoms with Crippen molar-refractivity contribution in [3.63, 3.8) is 0 Å². The predicted octanol–water partition coefficient (Wildman–Crippen LogP) is 2.31. The molecule has 2 heterocycles. The minimum atomic E-state index is -0.836. The number of nitrogen functional groups attached to an aromatic ring is 1. The van der Waals surface area contributed by atoms with Crippen LogP contribution in [0.2, 0.25) is 0 Å². The van der Waals surface area contributed by atoms with Gasteiger partial charge in [-0.1, -0.05) is 54.2 Å². The molecule has 0 aliphatic carbocycles. The van der Waals surface area contributed by atoms with Gasteiger partial charge in [-0.2, -0.15) is 0 Å². The third-order valence-corrected chi connectivity index (χ3v) is 7.15. The van der Waals surface area contributed by atoms with Crippen molar-refractivity contribution in [2.45, 2.75) is 10.9 Å². The Balaban J connectivity index is 1.45. The number of carbonyl (C=O) groups excluding carboxylic acids is 2. The molecule has 0 spiro atoms. The predicted molar refractivity (Wildman–Crippen MR) is 132 cm³/mol. The first kappa shape index (κ1) is 23.5. The minimum absolute atomic E-state index is 0.0475. The summed E-state index contributed by atoms with van der Waals surface area (Å²) in [5, 5.41) is 0. The van der Waals surface area contributed by atoms with Gasteiger partial charge < -0.3 is 10.5 Å². The molecule has 34 heavy (non-hydrogen) atoms. The SMILES string of the molecule is Cn1c(=O)c(C(=O)COC(=O)CSc2nc3ccccc3s2)c(N)n(Cc2ccccc2)c1=O. The van der Waals surface area contributed by atoms with Crippen molar-refractivity contribution >= 4 is 50.9 Å². The second-order valence-corrected chi connectivity index (χ2v) is 9.55. The van der Waals surface area contributed by atoms with Gasteiger partial charge in [0, 0.05) is 7.05 Å². The molecule has 4 rings (SSSR count). The zero-order chi connectivity index (χ0) is 24.2. The number of para-hydroxylation sites is 1. The Hall–Kier alpha value is -3.70. The number of fused-ring (bicyclic) bond motifs is 1. The van der Waals surface area contributed by atoms with Crippen molar-refractivity contribution in [2.75, 3.05) is 18.1 Å². The van der Waals surface area contributed by atoms with Gasteiger partial charge in [-0.15, -0.1) is 11.3 Å². The molecule has 0 atom stereocenters. The van der Waals surface area contributed by atoms with Gasteiger partial charge in [0.15, 0.2) is 10.9 Å². The van der Waals surface area contributed by atoms with E-state index in [0.29, 0.717) is 4.34 Å². The smallest absolute Gasteiger partial charge is 0.332 e. The number of nitrogens with two attached hydrogens (primary N) is 1. The molecule has 2 aromatic heterocycles. The number of Topliss-reactive ketones (excluding diaryl/α,β-unsaturated/α-hetero) is 1. The third kappa shape index (κ3) is 4.95. The molecule has 9 nitrogen and oxygen atoms in total. The van der Waals surface area contributed by atoms with Crippen molar-refractivity contribution in [3.05, 3.63) is 86.6 Å². The number of aromatic nitrogens is 3. The van der Waals surface area contributed by atoms with Gasteiger partial charge in [-0.3, -0.25) is 23.5 Å².